The molecule has 2 heterocycles. The molecule has 0 saturated carbocycles. The molecule has 2 aromatic rings. The van der Waals surface area contributed by atoms with E-state index in [0.717, 1.165) is 18.5 Å². The molecule has 2 aromatic heterocycles. The van der Waals surface area contributed by atoms with Crippen LogP contribution < -0.4 is 5.73 Å². The molecule has 7 nitrogen and oxygen atoms in total. The van der Waals surface area contributed by atoms with E-state index in [1.807, 2.05) is 0 Å². The average Bonchev–Trinajstić information content (AvgIpc) is 2.74. The van der Waals surface area contributed by atoms with Gasteiger partial charge in [0.1, 0.15) is 0 Å². The topological polar surface area (TPSA) is 95.6 Å². The van der Waals surface area contributed by atoms with Crippen LogP contribution in [0.1, 0.15) is 19.0 Å². The molecule has 14 heavy (non-hydrogen) atoms. The van der Waals surface area contributed by atoms with Crippen LogP contribution in [0.25, 0.3) is 5.82 Å². The third kappa shape index (κ3) is 1.32. The van der Waals surface area contributed by atoms with E-state index < -0.39 is 0 Å². The number of hydrogen-bond acceptors (Lipinski definition) is 6. The summed E-state index contributed by atoms with van der Waals surface area (Å²) in [6, 6.07) is 0. The van der Waals surface area contributed by atoms with Crippen molar-refractivity contribution in [3.8, 4) is 5.82 Å². The zero-order chi connectivity index (χ0) is 9.97. The lowest BCUT2D eigenvalue weighted by molar-refractivity contribution is 0.306. The number of rotatable bonds is 3. The minimum Gasteiger partial charge on any atom is -0.378 e. The third-order valence-electron chi connectivity index (χ3n) is 1.82. The summed E-state index contributed by atoms with van der Waals surface area (Å²) >= 11 is 0. The van der Waals surface area contributed by atoms with E-state index in [0.29, 0.717) is 5.82 Å². The van der Waals surface area contributed by atoms with Crippen molar-refractivity contribution in [2.75, 3.05) is 5.73 Å². The standard InChI is InChI=1S/C7H10N6O/c1-2-3-5-4-9-12-13(5)7-6(8)10-14-11-7/h4H,2-3H2,1H3,(H2,8,10). The van der Waals surface area contributed by atoms with Crippen LogP contribution in [0.3, 0.4) is 0 Å². The third-order valence-corrected chi connectivity index (χ3v) is 1.82. The normalized spacial score (nSPS) is 10.6. The Balaban J connectivity index is 2.41. The fourth-order valence-corrected chi connectivity index (χ4v) is 1.20. The Morgan fingerprint density at radius 3 is 3.00 bits per heavy atom. The summed E-state index contributed by atoms with van der Waals surface area (Å²) < 4.78 is 6.03. The molecule has 0 aliphatic heterocycles. The summed E-state index contributed by atoms with van der Waals surface area (Å²) in [4.78, 5) is 0. The van der Waals surface area contributed by atoms with Crippen LogP contribution in [0.2, 0.25) is 0 Å². The van der Waals surface area contributed by atoms with E-state index in [2.05, 4.69) is 32.2 Å². The molecule has 0 radical (unpaired) electrons. The van der Waals surface area contributed by atoms with Gasteiger partial charge in [0.25, 0.3) is 0 Å². The van der Waals surface area contributed by atoms with Crippen molar-refractivity contribution in [2.45, 2.75) is 19.8 Å². The zero-order valence-electron chi connectivity index (χ0n) is 7.71. The molecule has 0 amide bonds. The smallest absolute Gasteiger partial charge is 0.243 e. The fourth-order valence-electron chi connectivity index (χ4n) is 1.20. The summed E-state index contributed by atoms with van der Waals surface area (Å²) in [7, 11) is 0. The SMILES string of the molecule is CCCc1cnnn1-c1nonc1N. The Morgan fingerprint density at radius 1 is 1.50 bits per heavy atom. The van der Waals surface area contributed by atoms with Gasteiger partial charge in [-0.3, -0.25) is 0 Å². The monoisotopic (exact) mass is 194 g/mol. The van der Waals surface area contributed by atoms with Gasteiger partial charge in [0.15, 0.2) is 0 Å². The van der Waals surface area contributed by atoms with Crippen LogP contribution in [0.4, 0.5) is 5.82 Å². The molecule has 2 rings (SSSR count). The van der Waals surface area contributed by atoms with Gasteiger partial charge in [-0.25, -0.2) is 4.63 Å². The molecule has 7 heteroatoms. The molecule has 0 aliphatic rings. The molecule has 0 bridgehead atoms. The van der Waals surface area contributed by atoms with Crippen LogP contribution in [0, 0.1) is 0 Å². The quantitative estimate of drug-likeness (QED) is 0.749. The van der Waals surface area contributed by atoms with E-state index in [9.17, 15) is 0 Å². The molecular weight excluding hydrogens is 184 g/mol. The Bertz CT molecular complexity index is 419. The minimum atomic E-state index is 0.216. The Kier molecular flexibility index (Phi) is 2.13. The lowest BCUT2D eigenvalue weighted by atomic mass is 10.3. The number of nitrogens with two attached hydrogens (primary N) is 1. The number of nitrogens with zero attached hydrogens (tertiary/aromatic N) is 5. The zero-order valence-corrected chi connectivity index (χ0v) is 7.71. The summed E-state index contributed by atoms with van der Waals surface area (Å²) in [6.07, 6.45) is 3.54. The molecule has 2 N–H and O–H groups in total. The van der Waals surface area contributed by atoms with Crippen molar-refractivity contribution in [3.63, 3.8) is 0 Å². The highest BCUT2D eigenvalue weighted by atomic mass is 16.6. The van der Waals surface area contributed by atoms with Gasteiger partial charge in [-0.15, -0.1) is 5.10 Å². The molecular formula is C7H10N6O. The molecule has 0 aromatic carbocycles. The van der Waals surface area contributed by atoms with E-state index in [1.165, 1.54) is 4.68 Å². The van der Waals surface area contributed by atoms with Gasteiger partial charge in [0.2, 0.25) is 11.6 Å². The predicted molar refractivity (Wildman–Crippen MR) is 47.6 cm³/mol. The van der Waals surface area contributed by atoms with Crippen LogP contribution in [-0.4, -0.2) is 25.3 Å². The van der Waals surface area contributed by atoms with E-state index in [4.69, 9.17) is 5.73 Å². The second kappa shape index (κ2) is 3.44. The van der Waals surface area contributed by atoms with Gasteiger partial charge in [-0.2, -0.15) is 4.68 Å². The van der Waals surface area contributed by atoms with Crippen LogP contribution >= 0.6 is 0 Å². The Hall–Kier alpha value is -1.92. The fraction of sp³-hybridized carbons (Fsp3) is 0.429. The maximum Gasteiger partial charge on any atom is 0.243 e. The molecule has 0 fully saturated rings. The molecule has 0 saturated heterocycles. The van der Waals surface area contributed by atoms with E-state index in [-0.39, 0.29) is 5.82 Å². The van der Waals surface area contributed by atoms with Gasteiger partial charge in [-0.1, -0.05) is 18.6 Å². The van der Waals surface area contributed by atoms with E-state index in [1.54, 1.807) is 6.20 Å². The van der Waals surface area contributed by atoms with Gasteiger partial charge < -0.3 is 5.73 Å². The highest BCUT2D eigenvalue weighted by molar-refractivity contribution is 5.44. The molecule has 74 valence electrons. The first-order valence-electron chi connectivity index (χ1n) is 4.31. The summed E-state index contributed by atoms with van der Waals surface area (Å²) in [6.45, 7) is 2.07. The van der Waals surface area contributed by atoms with Crippen molar-refractivity contribution < 1.29 is 4.63 Å². The molecule has 0 unspecified atom stereocenters. The summed E-state index contributed by atoms with van der Waals surface area (Å²) in [5.41, 5.74) is 6.48. The maximum absolute atomic E-state index is 5.54. The van der Waals surface area contributed by atoms with Crippen molar-refractivity contribution in [3.05, 3.63) is 11.9 Å². The van der Waals surface area contributed by atoms with E-state index >= 15 is 0 Å². The van der Waals surface area contributed by atoms with Gasteiger partial charge in [-0.05, 0) is 16.7 Å². The summed E-state index contributed by atoms with van der Waals surface area (Å²) in [5.74, 6) is 0.610. The number of aromatic nitrogens is 5. The Labute approximate surface area is 79.9 Å². The maximum atomic E-state index is 5.54. The highest BCUT2D eigenvalue weighted by Gasteiger charge is 2.13. The predicted octanol–water partition coefficient (Wildman–Crippen LogP) is 0.185. The number of hydrogen-bond donors (Lipinski definition) is 1. The van der Waals surface area contributed by atoms with Crippen molar-refractivity contribution in [2.24, 2.45) is 0 Å². The minimum absolute atomic E-state index is 0.216. The second-order valence-corrected chi connectivity index (χ2v) is 2.86. The number of nitrogen functional groups attached to an aromatic ring is 1. The first-order valence-corrected chi connectivity index (χ1v) is 4.31. The average molecular weight is 194 g/mol. The number of aryl methyl sites for hydroxylation is 1. The number of anilines is 1. The largest absolute Gasteiger partial charge is 0.378 e. The van der Waals surface area contributed by atoms with Crippen LogP contribution in [-0.2, 0) is 6.42 Å². The molecule has 0 aliphatic carbocycles. The first kappa shape index (κ1) is 8.67. The van der Waals surface area contributed by atoms with Crippen LogP contribution in [0.15, 0.2) is 10.8 Å². The lowest BCUT2D eigenvalue weighted by Crippen LogP contribution is -2.05. The molecule has 0 atom stereocenters. The lowest BCUT2D eigenvalue weighted by Gasteiger charge is -1.99. The molecule has 0 spiro atoms. The first-order chi connectivity index (χ1) is 6.83. The highest BCUT2D eigenvalue weighted by Crippen LogP contribution is 2.12. The van der Waals surface area contributed by atoms with Gasteiger partial charge in [0.05, 0.1) is 11.9 Å². The second-order valence-electron chi connectivity index (χ2n) is 2.86. The van der Waals surface area contributed by atoms with Crippen molar-refractivity contribution in [1.82, 2.24) is 25.3 Å². The van der Waals surface area contributed by atoms with Crippen LogP contribution in [0.5, 0.6) is 0 Å². The Morgan fingerprint density at radius 2 is 2.36 bits per heavy atom. The van der Waals surface area contributed by atoms with Gasteiger partial charge in [0, 0.05) is 0 Å². The van der Waals surface area contributed by atoms with Crippen molar-refractivity contribution >= 4 is 5.82 Å². The summed E-state index contributed by atoms with van der Waals surface area (Å²) in [5, 5.41) is 14.8. The van der Waals surface area contributed by atoms with Crippen molar-refractivity contribution in [1.29, 1.82) is 0 Å². The van der Waals surface area contributed by atoms with Gasteiger partial charge >= 0.3 is 0 Å².